The van der Waals surface area contributed by atoms with Gasteiger partial charge < -0.3 is 9.84 Å². The van der Waals surface area contributed by atoms with Crippen molar-refractivity contribution >= 4 is 12.0 Å². The molecule has 2 rings (SSSR count). The molecule has 0 spiro atoms. The van der Waals surface area contributed by atoms with E-state index in [0.717, 1.165) is 7.14 Å². The molecule has 0 amide bonds. The van der Waals surface area contributed by atoms with Gasteiger partial charge >= 0.3 is 27.2 Å². The summed E-state index contributed by atoms with van der Waals surface area (Å²) in [5.41, 5.74) is 0.553. The van der Waals surface area contributed by atoms with Crippen LogP contribution in [0, 0.1) is 18.5 Å². The molecular weight excluding hydrogens is 393 g/mol. The second kappa shape index (κ2) is 7.61. The highest BCUT2D eigenvalue weighted by atomic mass is 127. The van der Waals surface area contributed by atoms with Crippen molar-refractivity contribution in [2.75, 3.05) is 7.11 Å². The molecule has 0 aromatic heterocycles. The van der Waals surface area contributed by atoms with E-state index in [1.807, 2.05) is 30.3 Å². The van der Waals surface area contributed by atoms with Crippen LogP contribution in [0.3, 0.4) is 0 Å². The fourth-order valence-corrected chi connectivity index (χ4v) is 4.10. The van der Waals surface area contributed by atoms with Gasteiger partial charge in [0, 0.05) is 0 Å². The van der Waals surface area contributed by atoms with Crippen LogP contribution in [0.5, 0.6) is 5.75 Å². The molecule has 2 aromatic carbocycles. The number of ether oxygens (including phenoxy) is 1. The van der Waals surface area contributed by atoms with Crippen molar-refractivity contribution in [3.05, 3.63) is 66.8 Å². The van der Waals surface area contributed by atoms with Crippen LogP contribution in [0.1, 0.15) is 5.56 Å². The van der Waals surface area contributed by atoms with E-state index in [0.29, 0.717) is 5.56 Å². The van der Waals surface area contributed by atoms with Crippen LogP contribution in [0.4, 0.5) is 0 Å². The molecule has 22 heavy (non-hydrogen) atoms. The van der Waals surface area contributed by atoms with Gasteiger partial charge in [0.05, 0.1) is 7.11 Å². The Morgan fingerprint density at radius 1 is 1.27 bits per heavy atom. The van der Waals surface area contributed by atoms with Crippen LogP contribution in [0.15, 0.2) is 54.1 Å². The largest absolute Gasteiger partial charge is 0.869 e. The SMILES string of the molecule is COC(=O)/C(C#N)=C/c1ccc([O-])c([I+]c2ccccc2)c1. The van der Waals surface area contributed by atoms with Gasteiger partial charge in [-0.05, 0) is 29.8 Å². The standard InChI is InChI=1S/C17H12INO3/c1-22-17(21)13(11-19)9-12-7-8-16(20)15(10-12)18-14-5-3-2-4-6-14/h2-10H,1H3. The van der Waals surface area contributed by atoms with E-state index in [9.17, 15) is 9.90 Å². The first kappa shape index (κ1) is 16.0. The predicted octanol–water partition coefficient (Wildman–Crippen LogP) is -1.03. The number of benzene rings is 2. The lowest BCUT2D eigenvalue weighted by molar-refractivity contribution is -0.603. The van der Waals surface area contributed by atoms with Crippen LogP contribution < -0.4 is 26.3 Å². The molecule has 0 saturated carbocycles. The minimum absolute atomic E-state index is 0.0228. The number of hydrogen-bond acceptors (Lipinski definition) is 4. The maximum Gasteiger partial charge on any atom is 0.357 e. The summed E-state index contributed by atoms with van der Waals surface area (Å²) in [6, 6.07) is 16.4. The number of carbonyl (C=O) groups excluding carboxylic acids is 1. The Morgan fingerprint density at radius 3 is 2.64 bits per heavy atom. The summed E-state index contributed by atoms with van der Waals surface area (Å²) < 4.78 is 6.40. The molecule has 110 valence electrons. The Labute approximate surface area is 138 Å². The van der Waals surface area contributed by atoms with E-state index in [1.54, 1.807) is 18.2 Å². The Hall–Kier alpha value is -2.33. The average molecular weight is 405 g/mol. The fraction of sp³-hybridized carbons (Fsp3) is 0.0588. The number of nitrogens with zero attached hydrogens (tertiary/aromatic N) is 1. The second-order valence-corrected chi connectivity index (χ2v) is 7.19. The minimum Gasteiger partial charge on any atom is -0.869 e. The number of rotatable bonds is 4. The third kappa shape index (κ3) is 4.09. The lowest BCUT2D eigenvalue weighted by Crippen LogP contribution is -3.61. The van der Waals surface area contributed by atoms with Crippen LogP contribution >= 0.6 is 0 Å². The molecule has 0 atom stereocenters. The van der Waals surface area contributed by atoms with Crippen LogP contribution in [-0.4, -0.2) is 13.1 Å². The third-order valence-electron chi connectivity index (χ3n) is 2.74. The van der Waals surface area contributed by atoms with E-state index in [4.69, 9.17) is 5.26 Å². The van der Waals surface area contributed by atoms with Gasteiger partial charge in [-0.15, -0.1) is 0 Å². The van der Waals surface area contributed by atoms with Gasteiger partial charge in [0.1, 0.15) is 11.6 Å². The topological polar surface area (TPSA) is 73.2 Å². The van der Waals surface area contributed by atoms with Gasteiger partial charge in [0.2, 0.25) is 0 Å². The maximum absolute atomic E-state index is 12.0. The number of hydrogen-bond donors (Lipinski definition) is 0. The summed E-state index contributed by atoms with van der Waals surface area (Å²) >= 11 is -0.601. The zero-order valence-corrected chi connectivity index (χ0v) is 13.9. The number of methoxy groups -OCH3 is 1. The van der Waals surface area contributed by atoms with Crippen molar-refractivity contribution in [2.45, 2.75) is 0 Å². The van der Waals surface area contributed by atoms with Crippen molar-refractivity contribution < 1.29 is 35.8 Å². The second-order valence-electron chi connectivity index (χ2n) is 4.24. The zero-order valence-electron chi connectivity index (χ0n) is 11.7. The molecule has 4 nitrogen and oxygen atoms in total. The van der Waals surface area contributed by atoms with Crippen molar-refractivity contribution in [1.29, 1.82) is 5.26 Å². The van der Waals surface area contributed by atoms with Crippen molar-refractivity contribution in [2.24, 2.45) is 0 Å². The summed E-state index contributed by atoms with van der Waals surface area (Å²) in [6.07, 6.45) is 1.43. The molecule has 2 aromatic rings. The van der Waals surface area contributed by atoms with Crippen LogP contribution in [-0.2, 0) is 9.53 Å². The normalized spacial score (nSPS) is 10.8. The molecule has 0 saturated heterocycles. The summed E-state index contributed by atoms with van der Waals surface area (Å²) in [5.74, 6) is -0.710. The van der Waals surface area contributed by atoms with Gasteiger partial charge in [0.15, 0.2) is 7.14 Å². The minimum atomic E-state index is -0.687. The van der Waals surface area contributed by atoms with Gasteiger partial charge in [-0.2, -0.15) is 5.26 Å². The maximum atomic E-state index is 12.0. The van der Waals surface area contributed by atoms with E-state index in [-0.39, 0.29) is 11.3 Å². The average Bonchev–Trinajstić information content (AvgIpc) is 2.55. The molecule has 0 aliphatic rings. The number of carbonyl (C=O) groups is 1. The summed E-state index contributed by atoms with van der Waals surface area (Å²) in [5, 5.41) is 20.9. The van der Waals surface area contributed by atoms with Gasteiger partial charge in [-0.25, -0.2) is 4.79 Å². The smallest absolute Gasteiger partial charge is 0.357 e. The zero-order chi connectivity index (χ0) is 15.9. The van der Waals surface area contributed by atoms with E-state index < -0.39 is 27.2 Å². The highest BCUT2D eigenvalue weighted by molar-refractivity contribution is 5.97. The highest BCUT2D eigenvalue weighted by Gasteiger charge is 2.17. The van der Waals surface area contributed by atoms with E-state index >= 15 is 0 Å². The molecule has 0 N–H and O–H groups in total. The first-order valence-electron chi connectivity index (χ1n) is 6.35. The Bertz CT molecular complexity index is 748. The predicted molar refractivity (Wildman–Crippen MR) is 75.3 cm³/mol. The molecule has 0 aliphatic carbocycles. The molecule has 0 fully saturated rings. The first-order chi connectivity index (χ1) is 10.6. The molecular formula is C17H12INO3. The van der Waals surface area contributed by atoms with E-state index in [1.165, 1.54) is 19.3 Å². The van der Waals surface area contributed by atoms with Crippen molar-refractivity contribution in [1.82, 2.24) is 0 Å². The lowest BCUT2D eigenvalue weighted by atomic mass is 10.1. The fourth-order valence-electron chi connectivity index (χ4n) is 1.69. The molecule has 5 heteroatoms. The van der Waals surface area contributed by atoms with Crippen LogP contribution in [0.25, 0.3) is 6.08 Å². The monoisotopic (exact) mass is 405 g/mol. The Morgan fingerprint density at radius 2 is 2.00 bits per heavy atom. The molecule has 0 aliphatic heterocycles. The summed E-state index contributed by atoms with van der Waals surface area (Å²) in [6.45, 7) is 0. The molecule has 0 bridgehead atoms. The summed E-state index contributed by atoms with van der Waals surface area (Å²) in [7, 11) is 1.22. The molecule has 0 unspecified atom stereocenters. The van der Waals surface area contributed by atoms with Crippen molar-refractivity contribution in [3.63, 3.8) is 0 Å². The quantitative estimate of drug-likeness (QED) is 0.282. The number of esters is 1. The van der Waals surface area contributed by atoms with Crippen LogP contribution in [0.2, 0.25) is 0 Å². The Balaban J connectivity index is 2.33. The first-order valence-corrected chi connectivity index (χ1v) is 8.51. The summed E-state index contributed by atoms with van der Waals surface area (Å²) in [4.78, 5) is 11.4. The number of halogens is 1. The lowest BCUT2D eigenvalue weighted by Gasteiger charge is -2.05. The van der Waals surface area contributed by atoms with Crippen molar-refractivity contribution in [3.8, 4) is 11.8 Å². The number of nitriles is 1. The highest BCUT2D eigenvalue weighted by Crippen LogP contribution is 2.12. The van der Waals surface area contributed by atoms with Gasteiger partial charge in [-0.1, -0.05) is 36.1 Å². The van der Waals surface area contributed by atoms with Gasteiger partial charge in [0.25, 0.3) is 0 Å². The Kier molecular flexibility index (Phi) is 5.55. The van der Waals surface area contributed by atoms with Gasteiger partial charge in [-0.3, -0.25) is 0 Å². The third-order valence-corrected chi connectivity index (χ3v) is 5.50. The van der Waals surface area contributed by atoms with E-state index in [2.05, 4.69) is 4.74 Å². The molecule has 0 radical (unpaired) electrons. The molecule has 0 heterocycles.